The van der Waals surface area contributed by atoms with Gasteiger partial charge in [-0.05, 0) is 47.8 Å². The van der Waals surface area contributed by atoms with Gasteiger partial charge in [-0.3, -0.25) is 9.59 Å². The number of para-hydroxylation sites is 1. The number of sulfonamides is 1. The molecule has 1 aromatic heterocycles. The Labute approximate surface area is 195 Å². The fraction of sp³-hybridized carbons (Fsp3) is 0.182. The number of anilines is 1. The number of nitrogens with one attached hydrogen (secondary N) is 1. The summed E-state index contributed by atoms with van der Waals surface area (Å²) in [4.78, 5) is 27.9. The quantitative estimate of drug-likeness (QED) is 0.590. The molecule has 0 spiro atoms. The van der Waals surface area contributed by atoms with Gasteiger partial charge in [-0.25, -0.2) is 8.42 Å². The highest BCUT2D eigenvalue weighted by Crippen LogP contribution is 2.23. The first-order valence-corrected chi connectivity index (χ1v) is 12.5. The third-order valence-corrected chi connectivity index (χ3v) is 8.16. The molecule has 32 heavy (non-hydrogen) atoms. The Morgan fingerprint density at radius 1 is 0.906 bits per heavy atom. The molecule has 1 N–H and O–H groups in total. The standard InChI is InChI=1S/C22H20ClN3O4S2/c23-16-7-9-17(10-8-16)32(29,30)26-13-11-25(12-14-26)22(28)18-4-1-2-5-19(18)24-21(27)20-6-3-15-31-20/h1-10,15H,11-14H2,(H,24,27). The highest BCUT2D eigenvalue weighted by Gasteiger charge is 2.31. The van der Waals surface area contributed by atoms with Gasteiger partial charge in [-0.1, -0.05) is 29.8 Å². The number of halogens is 1. The van der Waals surface area contributed by atoms with Crippen molar-refractivity contribution < 1.29 is 18.0 Å². The Morgan fingerprint density at radius 2 is 1.59 bits per heavy atom. The van der Waals surface area contributed by atoms with Gasteiger partial charge in [0.2, 0.25) is 10.0 Å². The van der Waals surface area contributed by atoms with Crippen LogP contribution in [-0.4, -0.2) is 55.6 Å². The second kappa shape index (κ2) is 9.41. The minimum absolute atomic E-state index is 0.170. The topological polar surface area (TPSA) is 86.8 Å². The summed E-state index contributed by atoms with van der Waals surface area (Å²) in [6.45, 7) is 0.860. The van der Waals surface area contributed by atoms with E-state index in [9.17, 15) is 18.0 Å². The molecule has 10 heteroatoms. The van der Waals surface area contributed by atoms with Gasteiger partial charge in [-0.15, -0.1) is 11.3 Å². The second-order valence-corrected chi connectivity index (χ2v) is 10.4. The average Bonchev–Trinajstić information content (AvgIpc) is 3.35. The van der Waals surface area contributed by atoms with E-state index in [0.717, 1.165) is 0 Å². The summed E-state index contributed by atoms with van der Waals surface area (Å²) in [6, 6.07) is 16.3. The van der Waals surface area contributed by atoms with Gasteiger partial charge in [-0.2, -0.15) is 4.31 Å². The summed E-state index contributed by atoms with van der Waals surface area (Å²) in [5.74, 6) is -0.533. The number of benzene rings is 2. The fourth-order valence-corrected chi connectivity index (χ4v) is 5.59. The van der Waals surface area contributed by atoms with Gasteiger partial charge in [0.1, 0.15) is 0 Å². The van der Waals surface area contributed by atoms with E-state index in [1.54, 1.807) is 41.3 Å². The number of hydrogen-bond acceptors (Lipinski definition) is 5. The van der Waals surface area contributed by atoms with Gasteiger partial charge in [0.15, 0.2) is 0 Å². The molecule has 1 saturated heterocycles. The van der Waals surface area contributed by atoms with Crippen LogP contribution in [0.2, 0.25) is 5.02 Å². The first-order chi connectivity index (χ1) is 15.4. The van der Waals surface area contributed by atoms with Crippen molar-refractivity contribution in [3.05, 3.63) is 81.5 Å². The van der Waals surface area contributed by atoms with Gasteiger partial charge in [0.25, 0.3) is 11.8 Å². The third kappa shape index (κ3) is 4.71. The van der Waals surface area contributed by atoms with Gasteiger partial charge >= 0.3 is 0 Å². The average molecular weight is 490 g/mol. The van der Waals surface area contributed by atoms with Crippen molar-refractivity contribution in [1.82, 2.24) is 9.21 Å². The fourth-order valence-electron chi connectivity index (χ4n) is 3.43. The molecule has 166 valence electrons. The van der Waals surface area contributed by atoms with Crippen LogP contribution in [0.5, 0.6) is 0 Å². The summed E-state index contributed by atoms with van der Waals surface area (Å²) in [5, 5.41) is 5.07. The van der Waals surface area contributed by atoms with Crippen molar-refractivity contribution in [3.8, 4) is 0 Å². The molecule has 2 heterocycles. The van der Waals surface area contributed by atoms with E-state index in [2.05, 4.69) is 5.32 Å². The zero-order chi connectivity index (χ0) is 22.7. The number of hydrogen-bond donors (Lipinski definition) is 1. The van der Waals surface area contributed by atoms with Gasteiger partial charge in [0.05, 0.1) is 21.0 Å². The molecule has 1 aliphatic heterocycles. The van der Waals surface area contributed by atoms with Crippen molar-refractivity contribution in [2.45, 2.75) is 4.90 Å². The highest BCUT2D eigenvalue weighted by molar-refractivity contribution is 7.89. The molecule has 2 aromatic carbocycles. The van der Waals surface area contributed by atoms with Crippen molar-refractivity contribution in [1.29, 1.82) is 0 Å². The molecule has 0 saturated carbocycles. The number of nitrogens with zero attached hydrogens (tertiary/aromatic N) is 2. The van der Waals surface area contributed by atoms with Crippen molar-refractivity contribution in [2.75, 3.05) is 31.5 Å². The van der Waals surface area contributed by atoms with Crippen LogP contribution in [0.3, 0.4) is 0 Å². The van der Waals surface area contributed by atoms with Crippen LogP contribution in [0.1, 0.15) is 20.0 Å². The Hall–Kier alpha value is -2.72. The van der Waals surface area contributed by atoms with Crippen LogP contribution in [-0.2, 0) is 10.0 Å². The van der Waals surface area contributed by atoms with E-state index < -0.39 is 10.0 Å². The van der Waals surface area contributed by atoms with E-state index in [1.165, 1.54) is 39.9 Å². The molecular formula is C22H20ClN3O4S2. The predicted molar refractivity (Wildman–Crippen MR) is 125 cm³/mol. The zero-order valence-corrected chi connectivity index (χ0v) is 19.3. The van der Waals surface area contributed by atoms with E-state index >= 15 is 0 Å². The number of amides is 2. The smallest absolute Gasteiger partial charge is 0.265 e. The Kier molecular flexibility index (Phi) is 6.61. The molecule has 0 aliphatic carbocycles. The van der Waals surface area contributed by atoms with Crippen molar-refractivity contribution in [3.63, 3.8) is 0 Å². The van der Waals surface area contributed by atoms with E-state index in [0.29, 0.717) is 21.2 Å². The normalized spacial score (nSPS) is 14.8. The molecule has 0 atom stereocenters. The predicted octanol–water partition coefficient (Wildman–Crippen LogP) is 3.80. The summed E-state index contributed by atoms with van der Waals surface area (Å²) in [5.41, 5.74) is 0.790. The molecule has 3 aromatic rings. The first kappa shape index (κ1) is 22.5. The molecule has 0 radical (unpaired) electrons. The van der Waals surface area contributed by atoms with Crippen LogP contribution < -0.4 is 5.32 Å². The maximum atomic E-state index is 13.1. The molecule has 1 fully saturated rings. The lowest BCUT2D eigenvalue weighted by atomic mass is 10.1. The molecule has 4 rings (SSSR count). The van der Waals surface area contributed by atoms with Crippen LogP contribution in [0.15, 0.2) is 70.9 Å². The van der Waals surface area contributed by atoms with Crippen LogP contribution >= 0.6 is 22.9 Å². The monoisotopic (exact) mass is 489 g/mol. The van der Waals surface area contributed by atoms with Gasteiger partial charge < -0.3 is 10.2 Å². The largest absolute Gasteiger partial charge is 0.336 e. The van der Waals surface area contributed by atoms with Crippen LogP contribution in [0, 0.1) is 0 Å². The highest BCUT2D eigenvalue weighted by atomic mass is 35.5. The van der Waals surface area contributed by atoms with Crippen LogP contribution in [0.25, 0.3) is 0 Å². The number of piperazine rings is 1. The van der Waals surface area contributed by atoms with E-state index in [-0.39, 0.29) is 42.9 Å². The molecule has 2 amide bonds. The maximum absolute atomic E-state index is 13.1. The first-order valence-electron chi connectivity index (χ1n) is 9.85. The number of thiophene rings is 1. The number of rotatable bonds is 5. The minimum Gasteiger partial charge on any atom is -0.336 e. The summed E-state index contributed by atoms with van der Waals surface area (Å²) < 4.78 is 27.1. The maximum Gasteiger partial charge on any atom is 0.265 e. The lowest BCUT2D eigenvalue weighted by molar-refractivity contribution is 0.0699. The molecule has 7 nitrogen and oxygen atoms in total. The summed E-state index contributed by atoms with van der Waals surface area (Å²) >= 11 is 7.17. The minimum atomic E-state index is -3.66. The van der Waals surface area contributed by atoms with Gasteiger partial charge in [0, 0.05) is 31.2 Å². The molecule has 0 unspecified atom stereocenters. The van der Waals surface area contributed by atoms with Crippen molar-refractivity contribution >= 4 is 50.5 Å². The van der Waals surface area contributed by atoms with Crippen LogP contribution in [0.4, 0.5) is 5.69 Å². The second-order valence-electron chi connectivity index (χ2n) is 7.13. The molecular weight excluding hydrogens is 470 g/mol. The summed E-state index contributed by atoms with van der Waals surface area (Å²) in [7, 11) is -3.66. The van der Waals surface area contributed by atoms with E-state index in [1.807, 2.05) is 5.38 Å². The third-order valence-electron chi connectivity index (χ3n) is 5.13. The Morgan fingerprint density at radius 3 is 2.25 bits per heavy atom. The SMILES string of the molecule is O=C(Nc1ccccc1C(=O)N1CCN(S(=O)(=O)c2ccc(Cl)cc2)CC1)c1cccs1. The number of carbonyl (C=O) groups excluding carboxylic acids is 2. The van der Waals surface area contributed by atoms with Crippen molar-refractivity contribution in [2.24, 2.45) is 0 Å². The molecule has 0 bridgehead atoms. The number of carbonyl (C=O) groups is 2. The lowest BCUT2D eigenvalue weighted by Crippen LogP contribution is -2.50. The Balaban J connectivity index is 1.45. The summed E-state index contributed by atoms with van der Waals surface area (Å²) in [6.07, 6.45) is 0. The zero-order valence-electron chi connectivity index (χ0n) is 16.9. The van der Waals surface area contributed by atoms with E-state index in [4.69, 9.17) is 11.6 Å². The lowest BCUT2D eigenvalue weighted by Gasteiger charge is -2.34. The Bertz CT molecular complexity index is 1220. The molecule has 1 aliphatic rings.